The third-order valence-electron chi connectivity index (χ3n) is 3.30. The van der Waals surface area contributed by atoms with Gasteiger partial charge < -0.3 is 16.0 Å². The maximum Gasteiger partial charge on any atom is 0.188 e. The van der Waals surface area contributed by atoms with Crippen LogP contribution in [0.1, 0.15) is 40.0 Å². The molecule has 1 atom stereocenters. The standard InChI is InChI=1S/C14H30N4.HI/c1-4-7-16-14(15)17-9-13-6-5-8-18(11-13)10-12(2)3;/h12-13H,4-11H2,1-3H3,(H3,15,16,17);1H. The largest absolute Gasteiger partial charge is 0.370 e. The summed E-state index contributed by atoms with van der Waals surface area (Å²) in [6, 6.07) is 0. The van der Waals surface area contributed by atoms with Gasteiger partial charge in [0, 0.05) is 26.2 Å². The average Bonchev–Trinajstić information content (AvgIpc) is 2.33. The first-order valence-corrected chi connectivity index (χ1v) is 7.38. The molecule has 0 bridgehead atoms. The van der Waals surface area contributed by atoms with E-state index < -0.39 is 0 Å². The van der Waals surface area contributed by atoms with Gasteiger partial charge in [-0.1, -0.05) is 20.8 Å². The molecule has 0 saturated carbocycles. The summed E-state index contributed by atoms with van der Waals surface area (Å²) in [6.45, 7) is 12.1. The molecule has 4 nitrogen and oxygen atoms in total. The lowest BCUT2D eigenvalue weighted by molar-refractivity contribution is 0.162. The molecule has 1 heterocycles. The summed E-state index contributed by atoms with van der Waals surface area (Å²) < 4.78 is 0. The van der Waals surface area contributed by atoms with Crippen molar-refractivity contribution < 1.29 is 0 Å². The van der Waals surface area contributed by atoms with Crippen molar-refractivity contribution in [2.24, 2.45) is 22.6 Å². The summed E-state index contributed by atoms with van der Waals surface area (Å²) >= 11 is 0. The zero-order valence-corrected chi connectivity index (χ0v) is 15.0. The zero-order chi connectivity index (χ0) is 13.4. The van der Waals surface area contributed by atoms with Crippen LogP contribution in [0.15, 0.2) is 4.99 Å². The Morgan fingerprint density at radius 1 is 1.47 bits per heavy atom. The quantitative estimate of drug-likeness (QED) is 0.421. The van der Waals surface area contributed by atoms with Gasteiger partial charge in [0.25, 0.3) is 0 Å². The SMILES string of the molecule is CCCNC(N)=NCC1CCCN(CC(C)C)C1.I. The Bertz CT molecular complexity index is 256. The van der Waals surface area contributed by atoms with Crippen LogP contribution >= 0.6 is 24.0 Å². The van der Waals surface area contributed by atoms with E-state index in [4.69, 9.17) is 5.73 Å². The van der Waals surface area contributed by atoms with E-state index in [1.165, 1.54) is 32.5 Å². The molecular formula is C14H31IN4. The molecule has 1 fully saturated rings. The fourth-order valence-electron chi connectivity index (χ4n) is 2.52. The molecule has 0 aromatic rings. The number of rotatable bonds is 6. The predicted octanol–water partition coefficient (Wildman–Crippen LogP) is 2.29. The number of aliphatic imine (C=N–C) groups is 1. The molecule has 0 aliphatic carbocycles. The molecule has 0 radical (unpaired) electrons. The van der Waals surface area contributed by atoms with Gasteiger partial charge in [-0.3, -0.25) is 4.99 Å². The topological polar surface area (TPSA) is 53.6 Å². The van der Waals surface area contributed by atoms with E-state index in [0.717, 1.165) is 25.4 Å². The number of nitrogens with two attached hydrogens (primary N) is 1. The summed E-state index contributed by atoms with van der Waals surface area (Å²) in [4.78, 5) is 7.03. The van der Waals surface area contributed by atoms with Crippen LogP contribution in [0.5, 0.6) is 0 Å². The highest BCUT2D eigenvalue weighted by Crippen LogP contribution is 2.17. The van der Waals surface area contributed by atoms with Crippen LogP contribution in [0.3, 0.4) is 0 Å². The van der Waals surface area contributed by atoms with Crippen LogP contribution in [-0.4, -0.2) is 43.6 Å². The Kier molecular flexibility index (Phi) is 10.7. The van der Waals surface area contributed by atoms with Crippen molar-refractivity contribution in [2.75, 3.05) is 32.7 Å². The number of nitrogens with one attached hydrogen (secondary N) is 1. The number of hydrogen-bond donors (Lipinski definition) is 2. The van der Waals surface area contributed by atoms with Gasteiger partial charge in [0.15, 0.2) is 5.96 Å². The first kappa shape index (κ1) is 19.0. The van der Waals surface area contributed by atoms with Crippen molar-refractivity contribution in [1.29, 1.82) is 0 Å². The third-order valence-corrected chi connectivity index (χ3v) is 3.30. The molecule has 19 heavy (non-hydrogen) atoms. The maximum absolute atomic E-state index is 5.82. The zero-order valence-electron chi connectivity index (χ0n) is 12.7. The Balaban J connectivity index is 0.00000324. The summed E-state index contributed by atoms with van der Waals surface area (Å²) in [5.41, 5.74) is 5.82. The molecule has 1 saturated heterocycles. The molecule has 0 amide bonds. The van der Waals surface area contributed by atoms with Crippen molar-refractivity contribution >= 4 is 29.9 Å². The van der Waals surface area contributed by atoms with Gasteiger partial charge in [-0.15, -0.1) is 24.0 Å². The van der Waals surface area contributed by atoms with E-state index >= 15 is 0 Å². The molecule has 0 aromatic heterocycles. The van der Waals surface area contributed by atoms with Gasteiger partial charge in [-0.2, -0.15) is 0 Å². The normalized spacial score (nSPS) is 21.3. The molecule has 1 aliphatic heterocycles. The minimum absolute atomic E-state index is 0. The van der Waals surface area contributed by atoms with Crippen molar-refractivity contribution in [2.45, 2.75) is 40.0 Å². The number of likely N-dealkylation sites (tertiary alicyclic amines) is 1. The van der Waals surface area contributed by atoms with E-state index in [9.17, 15) is 0 Å². The van der Waals surface area contributed by atoms with E-state index in [1.807, 2.05) is 0 Å². The highest BCUT2D eigenvalue weighted by Gasteiger charge is 2.19. The van der Waals surface area contributed by atoms with Crippen LogP contribution in [-0.2, 0) is 0 Å². The van der Waals surface area contributed by atoms with Crippen molar-refractivity contribution in [3.05, 3.63) is 0 Å². The summed E-state index contributed by atoms with van der Waals surface area (Å²) in [6.07, 6.45) is 3.68. The van der Waals surface area contributed by atoms with Crippen LogP contribution in [0.25, 0.3) is 0 Å². The lowest BCUT2D eigenvalue weighted by atomic mass is 9.97. The monoisotopic (exact) mass is 382 g/mol. The van der Waals surface area contributed by atoms with Crippen LogP contribution in [0.2, 0.25) is 0 Å². The number of piperidine rings is 1. The highest BCUT2D eigenvalue weighted by molar-refractivity contribution is 14.0. The summed E-state index contributed by atoms with van der Waals surface area (Å²) in [5, 5.41) is 3.13. The first-order chi connectivity index (χ1) is 8.61. The Morgan fingerprint density at radius 3 is 2.84 bits per heavy atom. The van der Waals surface area contributed by atoms with Crippen LogP contribution < -0.4 is 11.1 Å². The summed E-state index contributed by atoms with van der Waals surface area (Å²) in [7, 11) is 0. The fraction of sp³-hybridized carbons (Fsp3) is 0.929. The molecule has 1 rings (SSSR count). The summed E-state index contributed by atoms with van der Waals surface area (Å²) in [5.74, 6) is 2.04. The number of guanidine groups is 1. The van der Waals surface area contributed by atoms with Gasteiger partial charge >= 0.3 is 0 Å². The highest BCUT2D eigenvalue weighted by atomic mass is 127. The second kappa shape index (κ2) is 10.7. The van der Waals surface area contributed by atoms with Crippen molar-refractivity contribution in [3.8, 4) is 0 Å². The lowest BCUT2D eigenvalue weighted by Gasteiger charge is -2.33. The lowest BCUT2D eigenvalue weighted by Crippen LogP contribution is -2.39. The van der Waals surface area contributed by atoms with E-state index in [0.29, 0.717) is 11.9 Å². The Hall–Kier alpha value is -0.0400. The van der Waals surface area contributed by atoms with Gasteiger partial charge in [-0.05, 0) is 37.6 Å². The van der Waals surface area contributed by atoms with E-state index in [2.05, 4.69) is 36.0 Å². The van der Waals surface area contributed by atoms with Gasteiger partial charge in [0.05, 0.1) is 0 Å². The Morgan fingerprint density at radius 2 is 2.21 bits per heavy atom. The molecule has 3 N–H and O–H groups in total. The Labute approximate surface area is 135 Å². The van der Waals surface area contributed by atoms with Gasteiger partial charge in [0.2, 0.25) is 0 Å². The molecule has 0 spiro atoms. The van der Waals surface area contributed by atoms with E-state index in [-0.39, 0.29) is 24.0 Å². The van der Waals surface area contributed by atoms with Gasteiger partial charge in [0.1, 0.15) is 0 Å². The van der Waals surface area contributed by atoms with Crippen LogP contribution in [0.4, 0.5) is 0 Å². The number of nitrogens with zero attached hydrogens (tertiary/aromatic N) is 2. The number of halogens is 1. The van der Waals surface area contributed by atoms with Crippen molar-refractivity contribution in [3.63, 3.8) is 0 Å². The van der Waals surface area contributed by atoms with Crippen molar-refractivity contribution in [1.82, 2.24) is 10.2 Å². The fourth-order valence-corrected chi connectivity index (χ4v) is 2.52. The van der Waals surface area contributed by atoms with Crippen LogP contribution in [0, 0.1) is 11.8 Å². The minimum Gasteiger partial charge on any atom is -0.370 e. The molecule has 0 aromatic carbocycles. The maximum atomic E-state index is 5.82. The second-order valence-electron chi connectivity index (χ2n) is 5.81. The first-order valence-electron chi connectivity index (χ1n) is 7.38. The molecule has 114 valence electrons. The molecule has 1 unspecified atom stereocenters. The molecule has 1 aliphatic rings. The molecule has 5 heteroatoms. The molecular weight excluding hydrogens is 351 g/mol. The predicted molar refractivity (Wildman–Crippen MR) is 94.2 cm³/mol. The second-order valence-corrected chi connectivity index (χ2v) is 5.81. The smallest absolute Gasteiger partial charge is 0.188 e. The van der Waals surface area contributed by atoms with E-state index in [1.54, 1.807) is 0 Å². The number of hydrogen-bond acceptors (Lipinski definition) is 2. The average molecular weight is 382 g/mol. The third kappa shape index (κ3) is 8.68. The minimum atomic E-state index is 0. The van der Waals surface area contributed by atoms with Gasteiger partial charge in [-0.25, -0.2) is 0 Å².